The van der Waals surface area contributed by atoms with Crippen molar-refractivity contribution >= 4 is 11.9 Å². The van der Waals surface area contributed by atoms with E-state index in [-0.39, 0.29) is 29.0 Å². The Hall–Kier alpha value is -1.74. The number of fused-ring (bicyclic) bond motifs is 3. The Morgan fingerprint density at radius 2 is 2.03 bits per heavy atom. The van der Waals surface area contributed by atoms with Crippen molar-refractivity contribution in [2.75, 3.05) is 0 Å². The topological polar surface area (TPSA) is 37.3 Å². The van der Waals surface area contributed by atoms with Crippen molar-refractivity contribution in [3.63, 3.8) is 0 Å². The Kier molecular flexibility index (Phi) is 7.34. The Bertz CT molecular complexity index is 854. The summed E-state index contributed by atoms with van der Waals surface area (Å²) in [6.07, 6.45) is 16.5. The van der Waals surface area contributed by atoms with Crippen molar-refractivity contribution in [3.05, 3.63) is 53.4 Å². The molecule has 0 spiro atoms. The number of halogens is 1. The van der Waals surface area contributed by atoms with Crippen molar-refractivity contribution in [1.82, 2.24) is 0 Å². The standard InChI is InChI=1S/C29H39FO2/c1-3-4-5-24(31)19-21-8-12-25-22(18-21)16-17-29(2)26(25)13-14-27(29)28(32)15-9-20-6-10-23(30)11-7-20/h6-11,15,22,24-27,31H,3-5,12-14,16-19H2,1-2H3/b15-9+/t22-,24+,25-,26+,27-,29+/m1/s1. The lowest BCUT2D eigenvalue weighted by atomic mass is 9.55. The van der Waals surface area contributed by atoms with Gasteiger partial charge in [-0.25, -0.2) is 4.39 Å². The van der Waals surface area contributed by atoms with Crippen LogP contribution in [-0.2, 0) is 4.79 Å². The predicted octanol–water partition coefficient (Wildman–Crippen LogP) is 7.13. The molecule has 0 bridgehead atoms. The molecule has 3 aliphatic carbocycles. The number of benzene rings is 1. The van der Waals surface area contributed by atoms with Crippen LogP contribution in [0.3, 0.4) is 0 Å². The third-order valence-electron chi connectivity index (χ3n) is 8.83. The fraction of sp³-hybridized carbons (Fsp3) is 0.621. The fourth-order valence-electron chi connectivity index (χ4n) is 7.05. The van der Waals surface area contributed by atoms with Gasteiger partial charge >= 0.3 is 0 Å². The Morgan fingerprint density at radius 3 is 2.78 bits per heavy atom. The molecule has 4 rings (SSSR count). The van der Waals surface area contributed by atoms with E-state index in [4.69, 9.17) is 0 Å². The lowest BCUT2D eigenvalue weighted by Gasteiger charge is -2.50. The molecule has 0 unspecified atom stereocenters. The van der Waals surface area contributed by atoms with Gasteiger partial charge in [0.15, 0.2) is 5.78 Å². The molecule has 2 saturated carbocycles. The van der Waals surface area contributed by atoms with Gasteiger partial charge in [0.05, 0.1) is 6.10 Å². The van der Waals surface area contributed by atoms with Gasteiger partial charge in [0, 0.05) is 5.92 Å². The molecule has 1 aromatic rings. The molecule has 3 aliphatic rings. The molecular weight excluding hydrogens is 399 g/mol. The van der Waals surface area contributed by atoms with Gasteiger partial charge in [-0.2, -0.15) is 0 Å². The number of aliphatic hydroxyl groups excluding tert-OH is 1. The first kappa shape index (κ1) is 23.4. The van der Waals surface area contributed by atoms with E-state index in [0.717, 1.165) is 69.3 Å². The summed E-state index contributed by atoms with van der Waals surface area (Å²) < 4.78 is 13.1. The zero-order valence-electron chi connectivity index (χ0n) is 19.7. The number of carbonyl (C=O) groups excluding carboxylic acids is 1. The molecule has 0 radical (unpaired) electrons. The van der Waals surface area contributed by atoms with Crippen LogP contribution in [0.2, 0.25) is 0 Å². The van der Waals surface area contributed by atoms with Gasteiger partial charge < -0.3 is 5.11 Å². The summed E-state index contributed by atoms with van der Waals surface area (Å²) in [7, 11) is 0. The van der Waals surface area contributed by atoms with Crippen molar-refractivity contribution < 1.29 is 14.3 Å². The Morgan fingerprint density at radius 1 is 1.25 bits per heavy atom. The minimum absolute atomic E-state index is 0.0946. The first-order valence-electron chi connectivity index (χ1n) is 12.7. The average Bonchev–Trinajstić information content (AvgIpc) is 3.14. The van der Waals surface area contributed by atoms with Crippen LogP contribution in [0.5, 0.6) is 0 Å². The van der Waals surface area contributed by atoms with E-state index in [1.807, 2.05) is 6.08 Å². The van der Waals surface area contributed by atoms with Gasteiger partial charge in [-0.15, -0.1) is 0 Å². The molecule has 2 nitrogen and oxygen atoms in total. The highest BCUT2D eigenvalue weighted by atomic mass is 19.1. The second-order valence-electron chi connectivity index (χ2n) is 10.8. The number of ketones is 1. The van der Waals surface area contributed by atoms with Crippen molar-refractivity contribution in [1.29, 1.82) is 0 Å². The zero-order valence-corrected chi connectivity index (χ0v) is 19.7. The summed E-state index contributed by atoms with van der Waals surface area (Å²) in [4.78, 5) is 13.2. The molecule has 0 amide bonds. The molecule has 6 atom stereocenters. The molecular formula is C29H39FO2. The lowest BCUT2D eigenvalue weighted by molar-refractivity contribution is -0.123. The van der Waals surface area contributed by atoms with Gasteiger partial charge in [-0.3, -0.25) is 4.79 Å². The van der Waals surface area contributed by atoms with Crippen LogP contribution in [0.15, 0.2) is 42.0 Å². The minimum atomic E-state index is -0.253. The summed E-state index contributed by atoms with van der Waals surface area (Å²) >= 11 is 0. The van der Waals surface area contributed by atoms with Gasteiger partial charge in [-0.05, 0) is 98.3 Å². The van der Waals surface area contributed by atoms with Crippen LogP contribution in [0.4, 0.5) is 4.39 Å². The lowest BCUT2D eigenvalue weighted by Crippen LogP contribution is -2.44. The molecule has 32 heavy (non-hydrogen) atoms. The Labute approximate surface area is 193 Å². The molecule has 0 aromatic heterocycles. The fourth-order valence-corrected chi connectivity index (χ4v) is 7.05. The van der Waals surface area contributed by atoms with Gasteiger partial charge in [0.1, 0.15) is 5.82 Å². The second kappa shape index (κ2) is 10.0. The number of aliphatic hydroxyl groups is 1. The molecule has 1 N–H and O–H groups in total. The van der Waals surface area contributed by atoms with Crippen LogP contribution in [0.1, 0.15) is 83.6 Å². The summed E-state index contributed by atoms with van der Waals surface area (Å²) in [6, 6.07) is 6.31. The first-order valence-corrected chi connectivity index (χ1v) is 12.7. The molecule has 2 fully saturated rings. The van der Waals surface area contributed by atoms with E-state index in [2.05, 4.69) is 19.9 Å². The van der Waals surface area contributed by atoms with Crippen LogP contribution < -0.4 is 0 Å². The third kappa shape index (κ3) is 4.93. The van der Waals surface area contributed by atoms with E-state index < -0.39 is 0 Å². The van der Waals surface area contributed by atoms with Crippen LogP contribution >= 0.6 is 0 Å². The highest BCUT2D eigenvalue weighted by Gasteiger charge is 2.55. The number of carbonyl (C=O) groups is 1. The largest absolute Gasteiger partial charge is 0.393 e. The van der Waals surface area contributed by atoms with Gasteiger partial charge in [-0.1, -0.05) is 56.5 Å². The number of unbranched alkanes of at least 4 members (excludes halogenated alkanes) is 1. The Balaban J connectivity index is 1.40. The maximum atomic E-state index is 13.2. The zero-order chi connectivity index (χ0) is 22.7. The summed E-state index contributed by atoms with van der Waals surface area (Å²) in [6.45, 7) is 4.54. The highest BCUT2D eigenvalue weighted by Crippen LogP contribution is 2.61. The third-order valence-corrected chi connectivity index (χ3v) is 8.83. The van der Waals surface area contributed by atoms with Crippen molar-refractivity contribution in [2.24, 2.45) is 29.1 Å². The maximum Gasteiger partial charge on any atom is 0.159 e. The smallest absolute Gasteiger partial charge is 0.159 e. The summed E-state index contributed by atoms with van der Waals surface area (Å²) in [5.41, 5.74) is 2.43. The number of hydrogen-bond donors (Lipinski definition) is 1. The van der Waals surface area contributed by atoms with Crippen LogP contribution in [0, 0.1) is 34.9 Å². The van der Waals surface area contributed by atoms with Gasteiger partial charge in [0.2, 0.25) is 0 Å². The molecule has 174 valence electrons. The normalized spacial score (nSPS) is 32.9. The average molecular weight is 439 g/mol. The van der Waals surface area contributed by atoms with E-state index in [1.54, 1.807) is 18.2 Å². The molecule has 1 aromatic carbocycles. The van der Waals surface area contributed by atoms with Crippen LogP contribution in [0.25, 0.3) is 6.08 Å². The highest BCUT2D eigenvalue weighted by molar-refractivity contribution is 5.96. The molecule has 0 aliphatic heterocycles. The first-order chi connectivity index (χ1) is 15.4. The van der Waals surface area contributed by atoms with Gasteiger partial charge in [0.25, 0.3) is 0 Å². The molecule has 3 heteroatoms. The number of rotatable bonds is 8. The SMILES string of the molecule is CCCC[C@H](O)CC1=CC[C@@H]2[C@H](CC[C@]3(C)[C@@H](C(=O)/C=C/c4ccc(F)cc4)CC[C@@H]23)C1. The number of hydrogen-bond acceptors (Lipinski definition) is 2. The minimum Gasteiger partial charge on any atom is -0.393 e. The molecule has 0 saturated heterocycles. The van der Waals surface area contributed by atoms with E-state index in [1.165, 1.54) is 24.1 Å². The van der Waals surface area contributed by atoms with Crippen molar-refractivity contribution in [2.45, 2.75) is 84.2 Å². The maximum absolute atomic E-state index is 13.2. The van der Waals surface area contributed by atoms with Crippen LogP contribution in [-0.4, -0.2) is 17.0 Å². The predicted molar refractivity (Wildman–Crippen MR) is 128 cm³/mol. The van der Waals surface area contributed by atoms with Crippen molar-refractivity contribution in [3.8, 4) is 0 Å². The van der Waals surface area contributed by atoms with E-state index >= 15 is 0 Å². The second-order valence-corrected chi connectivity index (χ2v) is 10.8. The van der Waals surface area contributed by atoms with E-state index in [9.17, 15) is 14.3 Å². The monoisotopic (exact) mass is 438 g/mol. The quantitative estimate of drug-likeness (QED) is 0.346. The summed E-state index contributed by atoms with van der Waals surface area (Å²) in [5, 5.41) is 10.4. The van der Waals surface area contributed by atoms with E-state index in [0.29, 0.717) is 11.8 Å². The number of allylic oxidation sites excluding steroid dienone is 2. The molecule has 0 heterocycles. The summed E-state index contributed by atoms with van der Waals surface area (Å²) in [5.74, 6) is 2.11.